The predicted molar refractivity (Wildman–Crippen MR) is 119 cm³/mol. The molecular weight excluding hydrogens is 356 g/mol. The van der Waals surface area contributed by atoms with Crippen molar-refractivity contribution in [3.05, 3.63) is 58.2 Å². The number of aliphatic hydroxyl groups is 1. The topological polar surface area (TPSA) is 37.3 Å². The lowest BCUT2D eigenvalue weighted by Crippen LogP contribution is -2.44. The van der Waals surface area contributed by atoms with Crippen LogP contribution < -0.4 is 0 Å². The van der Waals surface area contributed by atoms with Crippen LogP contribution in [0.25, 0.3) is 0 Å². The van der Waals surface area contributed by atoms with Crippen molar-refractivity contribution in [2.24, 2.45) is 17.3 Å². The van der Waals surface area contributed by atoms with Gasteiger partial charge in [-0.15, -0.1) is 0 Å². The maximum atomic E-state index is 11.3. The maximum Gasteiger partial charge on any atom is 0.143 e. The van der Waals surface area contributed by atoms with E-state index in [1.165, 1.54) is 22.3 Å². The Morgan fingerprint density at radius 1 is 1.14 bits per heavy atom. The van der Waals surface area contributed by atoms with Crippen LogP contribution in [0.15, 0.2) is 47.1 Å². The lowest BCUT2D eigenvalue weighted by atomic mass is 9.53. The molecule has 4 rings (SSSR count). The van der Waals surface area contributed by atoms with E-state index in [2.05, 4.69) is 45.0 Å². The molecule has 2 fully saturated rings. The molecule has 0 radical (unpaired) electrons. The molecule has 2 heteroatoms. The van der Waals surface area contributed by atoms with Gasteiger partial charge in [0.1, 0.15) is 6.29 Å². The first-order valence-electron chi connectivity index (χ1n) is 11.7. The predicted octanol–water partition coefficient (Wildman–Crippen LogP) is 6.15. The van der Waals surface area contributed by atoms with Crippen LogP contribution in [0, 0.1) is 17.3 Å². The molecule has 1 aromatic rings. The number of aryl methyl sites for hydroxylation is 1. The summed E-state index contributed by atoms with van der Waals surface area (Å²) in [6.07, 6.45) is 11.1. The molecular formula is C27H36O2. The summed E-state index contributed by atoms with van der Waals surface area (Å²) in [5, 5.41) is 11.0. The highest BCUT2D eigenvalue weighted by atomic mass is 16.3. The van der Waals surface area contributed by atoms with Gasteiger partial charge in [0.15, 0.2) is 0 Å². The van der Waals surface area contributed by atoms with Crippen molar-refractivity contribution in [2.45, 2.75) is 84.2 Å². The Morgan fingerprint density at radius 2 is 1.90 bits per heavy atom. The molecule has 2 saturated carbocycles. The number of hydrogen-bond donors (Lipinski definition) is 1. The highest BCUT2D eigenvalue weighted by Crippen LogP contribution is 2.63. The van der Waals surface area contributed by atoms with E-state index in [9.17, 15) is 9.90 Å². The second kappa shape index (κ2) is 8.22. The van der Waals surface area contributed by atoms with E-state index < -0.39 is 0 Å². The highest BCUT2D eigenvalue weighted by molar-refractivity contribution is 5.69. The third kappa shape index (κ3) is 3.44. The van der Waals surface area contributed by atoms with Crippen LogP contribution in [0.4, 0.5) is 0 Å². The summed E-state index contributed by atoms with van der Waals surface area (Å²) < 4.78 is 0. The maximum absolute atomic E-state index is 11.3. The zero-order valence-corrected chi connectivity index (χ0v) is 18.3. The van der Waals surface area contributed by atoms with Crippen molar-refractivity contribution < 1.29 is 9.90 Å². The Kier molecular flexibility index (Phi) is 5.84. The molecule has 0 heterocycles. The third-order valence-electron chi connectivity index (χ3n) is 8.28. The highest BCUT2D eigenvalue weighted by Gasteiger charge is 2.56. The van der Waals surface area contributed by atoms with Gasteiger partial charge in [0, 0.05) is 5.92 Å². The number of hydrogen-bond acceptors (Lipinski definition) is 2. The zero-order chi connectivity index (χ0) is 20.6. The number of aldehydes is 1. The fourth-order valence-corrected chi connectivity index (χ4v) is 6.76. The first-order chi connectivity index (χ1) is 14.0. The molecule has 2 nitrogen and oxygen atoms in total. The van der Waals surface area contributed by atoms with Gasteiger partial charge in [0.2, 0.25) is 0 Å². The van der Waals surface area contributed by atoms with Crippen LogP contribution in [0.1, 0.15) is 82.8 Å². The van der Waals surface area contributed by atoms with Crippen LogP contribution in [-0.4, -0.2) is 17.5 Å². The minimum Gasteiger partial charge on any atom is -0.393 e. The second-order valence-electron chi connectivity index (χ2n) is 9.71. The Labute approximate surface area is 176 Å². The summed E-state index contributed by atoms with van der Waals surface area (Å²) in [7, 11) is 0. The number of carbonyl (C=O) groups excluding carboxylic acids is 1. The Balaban J connectivity index is 1.88. The average Bonchev–Trinajstić information content (AvgIpc) is 3.04. The third-order valence-corrected chi connectivity index (χ3v) is 8.28. The Bertz CT molecular complexity index is 815. The summed E-state index contributed by atoms with van der Waals surface area (Å²) in [5.41, 5.74) is 7.10. The second-order valence-corrected chi connectivity index (χ2v) is 9.71. The minimum atomic E-state index is -0.187. The number of carbonyl (C=O) groups is 1. The monoisotopic (exact) mass is 392 g/mol. The van der Waals surface area contributed by atoms with E-state index in [1.807, 2.05) is 6.08 Å². The number of rotatable bonds is 5. The quantitative estimate of drug-likeness (QED) is 0.482. The Morgan fingerprint density at radius 3 is 2.55 bits per heavy atom. The van der Waals surface area contributed by atoms with E-state index >= 15 is 0 Å². The SMILES string of the molecule is CCCC1=C2C(c3ccc(CC)cc3)CC3(C)C(O)CCC3C2CC/C1=C/C=O. The summed E-state index contributed by atoms with van der Waals surface area (Å²) in [6.45, 7) is 6.79. The first-order valence-corrected chi connectivity index (χ1v) is 11.7. The van der Waals surface area contributed by atoms with Crippen molar-refractivity contribution in [3.63, 3.8) is 0 Å². The number of aliphatic hydroxyl groups excluding tert-OH is 1. The molecule has 0 amide bonds. The standard InChI is InChI=1S/C27H36O2/c1-4-6-21-20(15-16-28)11-12-22-24-13-14-25(29)27(24,3)17-23(26(21)22)19-9-7-18(5-2)8-10-19/h7-10,15-16,22-25,29H,4-6,11-14,17H2,1-3H3/b20-15-. The molecule has 0 aromatic heterocycles. The smallest absolute Gasteiger partial charge is 0.143 e. The van der Waals surface area contributed by atoms with Crippen molar-refractivity contribution >= 4 is 6.29 Å². The van der Waals surface area contributed by atoms with Crippen LogP contribution in [-0.2, 0) is 11.2 Å². The van der Waals surface area contributed by atoms with Gasteiger partial charge in [0.05, 0.1) is 6.10 Å². The van der Waals surface area contributed by atoms with Crippen LogP contribution >= 0.6 is 0 Å². The fourth-order valence-electron chi connectivity index (χ4n) is 6.76. The Hall–Kier alpha value is -1.67. The summed E-state index contributed by atoms with van der Waals surface area (Å²) >= 11 is 0. The molecule has 3 aliphatic carbocycles. The summed E-state index contributed by atoms with van der Waals surface area (Å²) in [4.78, 5) is 11.3. The van der Waals surface area contributed by atoms with E-state index in [4.69, 9.17) is 0 Å². The molecule has 0 saturated heterocycles. The largest absolute Gasteiger partial charge is 0.393 e. The van der Waals surface area contributed by atoms with Gasteiger partial charge in [-0.1, -0.05) is 57.0 Å². The lowest BCUT2D eigenvalue weighted by molar-refractivity contribution is -0.104. The molecule has 3 aliphatic rings. The molecule has 0 spiro atoms. The van der Waals surface area contributed by atoms with Gasteiger partial charge < -0.3 is 5.11 Å². The number of allylic oxidation sites excluding steroid dienone is 4. The van der Waals surface area contributed by atoms with Crippen molar-refractivity contribution in [1.29, 1.82) is 0 Å². The van der Waals surface area contributed by atoms with Crippen LogP contribution in [0.2, 0.25) is 0 Å². The van der Waals surface area contributed by atoms with Gasteiger partial charge in [-0.25, -0.2) is 0 Å². The van der Waals surface area contributed by atoms with E-state index in [1.54, 1.807) is 5.57 Å². The molecule has 0 bridgehead atoms. The van der Waals surface area contributed by atoms with E-state index in [-0.39, 0.29) is 11.5 Å². The van der Waals surface area contributed by atoms with Crippen LogP contribution in [0.5, 0.6) is 0 Å². The van der Waals surface area contributed by atoms with Gasteiger partial charge in [-0.3, -0.25) is 4.79 Å². The molecule has 5 atom stereocenters. The number of fused-ring (bicyclic) bond motifs is 3. The molecule has 156 valence electrons. The van der Waals surface area contributed by atoms with Crippen molar-refractivity contribution in [3.8, 4) is 0 Å². The number of benzene rings is 1. The molecule has 1 aromatic carbocycles. The van der Waals surface area contributed by atoms with E-state index in [0.717, 1.165) is 57.7 Å². The fraction of sp³-hybridized carbons (Fsp3) is 0.593. The molecule has 29 heavy (non-hydrogen) atoms. The van der Waals surface area contributed by atoms with Gasteiger partial charge in [-0.05, 0) is 90.5 Å². The van der Waals surface area contributed by atoms with Gasteiger partial charge in [-0.2, -0.15) is 0 Å². The molecule has 0 aliphatic heterocycles. The minimum absolute atomic E-state index is 0.00542. The normalized spacial score (nSPS) is 35.5. The van der Waals surface area contributed by atoms with Gasteiger partial charge in [0.25, 0.3) is 0 Å². The molecule has 5 unspecified atom stereocenters. The van der Waals surface area contributed by atoms with Gasteiger partial charge >= 0.3 is 0 Å². The average molecular weight is 393 g/mol. The zero-order valence-electron chi connectivity index (χ0n) is 18.3. The summed E-state index contributed by atoms with van der Waals surface area (Å²) in [5.74, 6) is 1.48. The lowest BCUT2D eigenvalue weighted by Gasteiger charge is -2.51. The van der Waals surface area contributed by atoms with Crippen molar-refractivity contribution in [1.82, 2.24) is 0 Å². The van der Waals surface area contributed by atoms with E-state index in [0.29, 0.717) is 17.8 Å². The van der Waals surface area contributed by atoms with Crippen molar-refractivity contribution in [2.75, 3.05) is 0 Å². The summed E-state index contributed by atoms with van der Waals surface area (Å²) in [6, 6.07) is 9.18. The molecule has 1 N–H and O–H groups in total. The van der Waals surface area contributed by atoms with Crippen LogP contribution in [0.3, 0.4) is 0 Å². The first kappa shape index (κ1) is 20.6.